The van der Waals surface area contributed by atoms with Crippen molar-refractivity contribution in [2.24, 2.45) is 4.99 Å². The van der Waals surface area contributed by atoms with Crippen LogP contribution in [0.25, 0.3) is 44.7 Å². The molecular formula is C36H29N3. The van der Waals surface area contributed by atoms with Crippen molar-refractivity contribution < 1.29 is 0 Å². The summed E-state index contributed by atoms with van der Waals surface area (Å²) < 4.78 is 2.32. The van der Waals surface area contributed by atoms with Crippen molar-refractivity contribution >= 4 is 51.7 Å². The number of nitrogens with zero attached hydrogens (tertiary/aromatic N) is 2. The molecular weight excluding hydrogens is 474 g/mol. The van der Waals surface area contributed by atoms with Gasteiger partial charge in [-0.15, -0.1) is 0 Å². The first-order valence-electron chi connectivity index (χ1n) is 13.0. The van der Waals surface area contributed by atoms with Gasteiger partial charge in [-0.05, 0) is 66.7 Å². The summed E-state index contributed by atoms with van der Waals surface area (Å²) in [6.45, 7) is 9.86. The zero-order chi connectivity index (χ0) is 26.8. The quantitative estimate of drug-likeness (QED) is 0.170. The molecule has 6 aromatic rings. The molecule has 0 spiro atoms. The Hall–Kier alpha value is -5.15. The summed E-state index contributed by atoms with van der Waals surface area (Å²) in [5.74, 6) is 0. The molecule has 0 amide bonds. The fourth-order valence-electron chi connectivity index (χ4n) is 5.31. The van der Waals surface area contributed by atoms with Gasteiger partial charge in [-0.25, -0.2) is 0 Å². The van der Waals surface area contributed by atoms with Gasteiger partial charge in [0.1, 0.15) is 0 Å². The molecule has 3 nitrogen and oxygen atoms in total. The highest BCUT2D eigenvalue weighted by atomic mass is 15.0. The minimum Gasteiger partial charge on any atom is -0.353 e. The van der Waals surface area contributed by atoms with Gasteiger partial charge in [0.25, 0.3) is 0 Å². The predicted octanol–water partition coefficient (Wildman–Crippen LogP) is 10.0. The lowest BCUT2D eigenvalue weighted by Gasteiger charge is -2.16. The average molecular weight is 504 g/mol. The average Bonchev–Trinajstić information content (AvgIpc) is 3.29. The number of fused-ring (bicyclic) bond motifs is 3. The highest BCUT2D eigenvalue weighted by Gasteiger charge is 2.16. The fraction of sp³-hybridized carbons (Fsp3) is 0.0278. The predicted molar refractivity (Wildman–Crippen MR) is 169 cm³/mol. The van der Waals surface area contributed by atoms with Gasteiger partial charge < -0.3 is 9.88 Å². The van der Waals surface area contributed by atoms with Crippen LogP contribution in [0.2, 0.25) is 0 Å². The number of para-hydroxylation sites is 2. The van der Waals surface area contributed by atoms with E-state index >= 15 is 0 Å². The van der Waals surface area contributed by atoms with E-state index in [-0.39, 0.29) is 0 Å². The molecule has 0 bridgehead atoms. The molecule has 0 unspecified atom stereocenters. The van der Waals surface area contributed by atoms with E-state index in [4.69, 9.17) is 0 Å². The van der Waals surface area contributed by atoms with Crippen LogP contribution in [0.5, 0.6) is 0 Å². The van der Waals surface area contributed by atoms with Crippen LogP contribution >= 0.6 is 0 Å². The Balaban J connectivity index is 1.56. The molecule has 1 aromatic heterocycles. The van der Waals surface area contributed by atoms with E-state index in [1.54, 1.807) is 6.08 Å². The number of hydrogen-bond donors (Lipinski definition) is 1. The molecule has 0 radical (unpaired) electrons. The third-order valence-electron chi connectivity index (χ3n) is 7.15. The van der Waals surface area contributed by atoms with Gasteiger partial charge in [-0.1, -0.05) is 97.6 Å². The molecule has 0 aliphatic heterocycles. The normalized spacial score (nSPS) is 11.3. The number of benzene rings is 5. The van der Waals surface area contributed by atoms with Crippen LogP contribution in [0.4, 0.5) is 17.1 Å². The van der Waals surface area contributed by atoms with Crippen LogP contribution in [0, 0.1) is 6.92 Å². The van der Waals surface area contributed by atoms with Gasteiger partial charge in [0.05, 0.1) is 22.4 Å². The van der Waals surface area contributed by atoms with Crippen LogP contribution in [0.3, 0.4) is 0 Å². The third-order valence-corrected chi connectivity index (χ3v) is 7.15. The molecule has 0 atom stereocenters. The zero-order valence-electron chi connectivity index (χ0n) is 21.9. The molecule has 0 aliphatic rings. The second-order valence-electron chi connectivity index (χ2n) is 9.57. The van der Waals surface area contributed by atoms with Crippen molar-refractivity contribution in [1.82, 2.24) is 4.57 Å². The Morgan fingerprint density at radius 3 is 2.31 bits per heavy atom. The highest BCUT2D eigenvalue weighted by molar-refractivity contribution is 6.12. The Labute approximate surface area is 229 Å². The van der Waals surface area contributed by atoms with Crippen molar-refractivity contribution in [3.63, 3.8) is 0 Å². The molecule has 6 rings (SSSR count). The van der Waals surface area contributed by atoms with Crippen LogP contribution in [-0.4, -0.2) is 11.3 Å². The summed E-state index contributed by atoms with van der Waals surface area (Å²) in [6, 6.07) is 38.3. The fourth-order valence-corrected chi connectivity index (χ4v) is 5.31. The summed E-state index contributed by atoms with van der Waals surface area (Å²) in [7, 11) is 0. The van der Waals surface area contributed by atoms with E-state index in [0.29, 0.717) is 0 Å². The number of hydrogen-bond acceptors (Lipinski definition) is 2. The molecule has 0 saturated heterocycles. The molecule has 1 heterocycles. The number of aliphatic imine (C=N–C) groups is 1. The van der Waals surface area contributed by atoms with E-state index < -0.39 is 0 Å². The molecule has 1 N–H and O–H groups in total. The zero-order valence-corrected chi connectivity index (χ0v) is 21.9. The van der Waals surface area contributed by atoms with Gasteiger partial charge in [0.2, 0.25) is 0 Å². The Bertz CT molecular complexity index is 1890. The van der Waals surface area contributed by atoms with Gasteiger partial charge in [0.15, 0.2) is 0 Å². The first kappa shape index (κ1) is 24.2. The van der Waals surface area contributed by atoms with E-state index in [1.165, 1.54) is 16.5 Å². The van der Waals surface area contributed by atoms with E-state index in [2.05, 4.69) is 150 Å². The molecule has 3 heteroatoms. The van der Waals surface area contributed by atoms with Gasteiger partial charge in [-0.2, -0.15) is 0 Å². The number of anilines is 2. The SMILES string of the molecule is C=C/C=C/c1cccc(-n2c3ccccc3c3cc(N=C)c(Nc4ccccc4-c4ccccc4C)cc32)c1. The van der Waals surface area contributed by atoms with Crippen LogP contribution in [-0.2, 0) is 0 Å². The maximum Gasteiger partial charge on any atom is 0.0864 e. The summed E-state index contributed by atoms with van der Waals surface area (Å²) >= 11 is 0. The topological polar surface area (TPSA) is 29.3 Å². The first-order valence-corrected chi connectivity index (χ1v) is 13.0. The number of rotatable bonds is 7. The molecule has 0 saturated carbocycles. The van der Waals surface area contributed by atoms with Crippen molar-refractivity contribution in [3.05, 3.63) is 139 Å². The van der Waals surface area contributed by atoms with Crippen molar-refractivity contribution in [2.45, 2.75) is 6.92 Å². The van der Waals surface area contributed by atoms with Crippen molar-refractivity contribution in [3.8, 4) is 16.8 Å². The van der Waals surface area contributed by atoms with Gasteiger partial charge >= 0.3 is 0 Å². The van der Waals surface area contributed by atoms with E-state index in [0.717, 1.165) is 50.3 Å². The van der Waals surface area contributed by atoms with Crippen LogP contribution in [0.15, 0.2) is 133 Å². The Morgan fingerprint density at radius 2 is 1.49 bits per heavy atom. The lowest BCUT2D eigenvalue weighted by molar-refractivity contribution is 1.18. The number of allylic oxidation sites excluding steroid dienone is 2. The molecule has 0 fully saturated rings. The lowest BCUT2D eigenvalue weighted by atomic mass is 9.99. The maximum absolute atomic E-state index is 4.43. The first-order chi connectivity index (χ1) is 19.2. The summed E-state index contributed by atoms with van der Waals surface area (Å²) in [6.07, 6.45) is 5.82. The molecule has 39 heavy (non-hydrogen) atoms. The van der Waals surface area contributed by atoms with Crippen molar-refractivity contribution in [1.29, 1.82) is 0 Å². The third kappa shape index (κ3) is 4.45. The highest BCUT2D eigenvalue weighted by Crippen LogP contribution is 2.41. The number of aromatic nitrogens is 1. The summed E-state index contributed by atoms with van der Waals surface area (Å²) in [5, 5.41) is 6.02. The molecule has 188 valence electrons. The second-order valence-corrected chi connectivity index (χ2v) is 9.57. The van der Waals surface area contributed by atoms with Gasteiger partial charge in [-0.3, -0.25) is 4.99 Å². The Morgan fingerprint density at radius 1 is 0.718 bits per heavy atom. The molecule has 5 aromatic carbocycles. The monoisotopic (exact) mass is 503 g/mol. The Kier molecular flexibility index (Phi) is 6.40. The van der Waals surface area contributed by atoms with E-state index in [1.807, 2.05) is 6.08 Å². The van der Waals surface area contributed by atoms with Crippen LogP contribution in [0.1, 0.15) is 11.1 Å². The minimum atomic E-state index is 0.813. The minimum absolute atomic E-state index is 0.813. The summed E-state index contributed by atoms with van der Waals surface area (Å²) in [4.78, 5) is 4.43. The second kappa shape index (κ2) is 10.3. The van der Waals surface area contributed by atoms with E-state index in [9.17, 15) is 0 Å². The smallest absolute Gasteiger partial charge is 0.0864 e. The molecule has 0 aliphatic carbocycles. The lowest BCUT2D eigenvalue weighted by Crippen LogP contribution is -1.97. The number of nitrogens with one attached hydrogen (secondary N) is 1. The van der Waals surface area contributed by atoms with Crippen molar-refractivity contribution in [2.75, 3.05) is 5.32 Å². The van der Waals surface area contributed by atoms with Crippen LogP contribution < -0.4 is 5.32 Å². The largest absolute Gasteiger partial charge is 0.353 e. The standard InChI is InChI=1S/C36H29N3/c1-4-5-14-26-15-12-16-27(22-26)39-35-21-11-9-19-30(35)31-23-33(37-3)34(24-36(31)39)38-32-20-10-8-18-29(32)28-17-7-6-13-25(28)2/h4-24,38H,1,3H2,2H3/b14-5+. The van der Waals surface area contributed by atoms with Gasteiger partial charge in [0, 0.05) is 27.7 Å². The number of aryl methyl sites for hydroxylation is 1. The summed E-state index contributed by atoms with van der Waals surface area (Å²) in [5.41, 5.74) is 10.8. The maximum atomic E-state index is 4.43.